The first-order valence-corrected chi connectivity index (χ1v) is 14.6. The molecular formula is C27H30N8S2. The molecule has 10 heteroatoms. The summed E-state index contributed by atoms with van der Waals surface area (Å²) in [6, 6.07) is 16.9. The molecule has 0 spiro atoms. The maximum atomic E-state index is 5.12. The zero-order valence-electron chi connectivity index (χ0n) is 21.3. The number of nitrogens with one attached hydrogen (secondary N) is 1. The van der Waals surface area contributed by atoms with Crippen molar-refractivity contribution in [2.45, 2.75) is 56.6 Å². The molecule has 0 radical (unpaired) electrons. The van der Waals surface area contributed by atoms with Crippen LogP contribution < -0.4 is 0 Å². The molecule has 37 heavy (non-hydrogen) atoms. The minimum Gasteiger partial charge on any atom is -0.321 e. The van der Waals surface area contributed by atoms with Crippen molar-refractivity contribution in [3.8, 4) is 22.5 Å². The third-order valence-electron chi connectivity index (χ3n) is 6.13. The first-order chi connectivity index (χ1) is 18.2. The van der Waals surface area contributed by atoms with E-state index < -0.39 is 0 Å². The Morgan fingerprint density at radius 2 is 1.57 bits per heavy atom. The summed E-state index contributed by atoms with van der Waals surface area (Å²) in [4.78, 5) is 5.12. The summed E-state index contributed by atoms with van der Waals surface area (Å²) in [5, 5.41) is 25.5. The van der Waals surface area contributed by atoms with Crippen LogP contribution in [0.5, 0.6) is 0 Å². The van der Waals surface area contributed by atoms with Crippen LogP contribution in [-0.2, 0) is 13.0 Å². The second-order valence-electron chi connectivity index (χ2n) is 8.58. The number of nitrogens with zero attached hydrogens (tertiary/aromatic N) is 7. The maximum Gasteiger partial charge on any atom is 0.180 e. The lowest BCUT2D eigenvalue weighted by molar-refractivity contribution is 0.686. The van der Waals surface area contributed by atoms with Crippen molar-refractivity contribution in [3.05, 3.63) is 59.9 Å². The number of rotatable bonds is 11. The van der Waals surface area contributed by atoms with Gasteiger partial charge in [-0.15, -0.1) is 38.8 Å². The van der Waals surface area contributed by atoms with Crippen molar-refractivity contribution in [2.75, 3.05) is 11.5 Å². The number of H-pyrrole nitrogens is 1. The Kier molecular flexibility index (Phi) is 8.15. The number of tetrazole rings is 1. The number of thioether (sulfide) groups is 2. The molecule has 3 heterocycles. The number of hydrogen-bond acceptors (Lipinski definition) is 8. The Morgan fingerprint density at radius 3 is 2.27 bits per heavy atom. The fourth-order valence-corrected chi connectivity index (χ4v) is 5.77. The Balaban J connectivity index is 1.53. The number of fused-ring (bicyclic) bond motifs is 1. The zero-order valence-corrected chi connectivity index (χ0v) is 22.9. The van der Waals surface area contributed by atoms with E-state index in [0.717, 1.165) is 80.9 Å². The van der Waals surface area contributed by atoms with Crippen LogP contribution in [0.2, 0.25) is 0 Å². The summed E-state index contributed by atoms with van der Waals surface area (Å²) in [5.41, 5.74) is 6.48. The molecule has 0 amide bonds. The molecule has 0 unspecified atom stereocenters. The Hall–Kier alpha value is -3.24. The molecule has 3 aromatic heterocycles. The summed E-state index contributed by atoms with van der Waals surface area (Å²) in [6.45, 7) is 7.25. The molecule has 0 atom stereocenters. The van der Waals surface area contributed by atoms with Crippen LogP contribution in [-0.4, -0.2) is 51.9 Å². The highest BCUT2D eigenvalue weighted by Gasteiger charge is 2.20. The van der Waals surface area contributed by atoms with Crippen molar-refractivity contribution < 1.29 is 0 Å². The lowest BCUT2D eigenvalue weighted by atomic mass is 9.98. The number of aromatic nitrogens is 8. The van der Waals surface area contributed by atoms with Gasteiger partial charge in [0.1, 0.15) is 26.9 Å². The standard InChI is InChI=1S/C27H30N8S2/c1-4-7-12-22-28-23-24(27(37-6-3)32-31-26(23)36-5-2)35(22)17-18-13-15-19(16-14-18)20-10-8-9-11-21(20)25-29-33-34-30-25/h8-11,13-16H,4-7,12,17H2,1-3H3,(H,29,30,33,34). The number of aryl methyl sites for hydroxylation is 1. The van der Waals surface area contributed by atoms with Gasteiger partial charge in [-0.25, -0.2) is 10.1 Å². The van der Waals surface area contributed by atoms with Gasteiger partial charge in [0.15, 0.2) is 5.82 Å². The van der Waals surface area contributed by atoms with Crippen LogP contribution in [0.3, 0.4) is 0 Å². The van der Waals surface area contributed by atoms with Gasteiger partial charge in [0.05, 0.1) is 0 Å². The SMILES string of the molecule is CCCCc1nc2c(SCC)nnc(SCC)c2n1Cc1ccc(-c2ccccc2-c2nnn[nH]2)cc1. The molecule has 0 saturated carbocycles. The fraction of sp³-hybridized carbons (Fsp3) is 0.333. The molecule has 0 aliphatic carbocycles. The second kappa shape index (κ2) is 11.9. The zero-order chi connectivity index (χ0) is 25.6. The first-order valence-electron chi connectivity index (χ1n) is 12.7. The van der Waals surface area contributed by atoms with Gasteiger partial charge in [0.2, 0.25) is 0 Å². The highest BCUT2D eigenvalue weighted by molar-refractivity contribution is 7.99. The van der Waals surface area contributed by atoms with Gasteiger partial charge in [0, 0.05) is 18.5 Å². The Labute approximate surface area is 225 Å². The predicted octanol–water partition coefficient (Wildman–Crippen LogP) is 6.29. The highest BCUT2D eigenvalue weighted by Crippen LogP contribution is 2.34. The van der Waals surface area contributed by atoms with Crippen LogP contribution >= 0.6 is 23.5 Å². The van der Waals surface area contributed by atoms with Gasteiger partial charge in [-0.3, -0.25) is 0 Å². The molecule has 0 bridgehead atoms. The van der Waals surface area contributed by atoms with Crippen LogP contribution in [0.4, 0.5) is 0 Å². The van der Waals surface area contributed by atoms with Crippen LogP contribution in [0.15, 0.2) is 58.6 Å². The van der Waals surface area contributed by atoms with E-state index in [-0.39, 0.29) is 0 Å². The molecule has 5 aromatic rings. The molecular weight excluding hydrogens is 500 g/mol. The lowest BCUT2D eigenvalue weighted by Gasteiger charge is -2.13. The molecule has 0 aliphatic heterocycles. The van der Waals surface area contributed by atoms with Crippen LogP contribution in [0, 0.1) is 0 Å². The average molecular weight is 531 g/mol. The van der Waals surface area contributed by atoms with E-state index in [1.54, 1.807) is 23.5 Å². The molecule has 0 aliphatic rings. The summed E-state index contributed by atoms with van der Waals surface area (Å²) in [6.07, 6.45) is 3.17. The smallest absolute Gasteiger partial charge is 0.180 e. The summed E-state index contributed by atoms with van der Waals surface area (Å²) in [5.74, 6) is 3.64. The Bertz CT molecular complexity index is 1460. The maximum absolute atomic E-state index is 5.12. The number of unbranched alkanes of at least 4 members (excludes halogenated alkanes) is 1. The van der Waals surface area contributed by atoms with E-state index >= 15 is 0 Å². The fourth-order valence-electron chi connectivity index (χ4n) is 4.40. The van der Waals surface area contributed by atoms with E-state index in [4.69, 9.17) is 4.98 Å². The third kappa shape index (κ3) is 5.40. The first kappa shape index (κ1) is 25.4. The van der Waals surface area contributed by atoms with Gasteiger partial charge in [-0.2, -0.15) is 0 Å². The molecule has 190 valence electrons. The van der Waals surface area contributed by atoms with Crippen molar-refractivity contribution in [3.63, 3.8) is 0 Å². The van der Waals surface area contributed by atoms with Crippen molar-refractivity contribution >= 4 is 34.6 Å². The second-order valence-corrected chi connectivity index (χ2v) is 11.1. The third-order valence-corrected chi connectivity index (χ3v) is 7.81. The lowest BCUT2D eigenvalue weighted by Crippen LogP contribution is -2.07. The quantitative estimate of drug-likeness (QED) is 0.199. The number of hydrogen-bond donors (Lipinski definition) is 1. The normalized spacial score (nSPS) is 11.4. The van der Waals surface area contributed by atoms with Crippen molar-refractivity contribution in [2.24, 2.45) is 0 Å². The van der Waals surface area contributed by atoms with Gasteiger partial charge < -0.3 is 4.57 Å². The number of benzene rings is 2. The molecule has 5 rings (SSSR count). The van der Waals surface area contributed by atoms with E-state index in [2.05, 4.69) is 86.5 Å². The summed E-state index contributed by atoms with van der Waals surface area (Å²) >= 11 is 3.44. The molecule has 2 aromatic carbocycles. The molecule has 1 N–H and O–H groups in total. The predicted molar refractivity (Wildman–Crippen MR) is 151 cm³/mol. The average Bonchev–Trinajstić information content (AvgIpc) is 3.59. The molecule has 0 saturated heterocycles. The topological polar surface area (TPSA) is 98.1 Å². The van der Waals surface area contributed by atoms with E-state index in [1.807, 2.05) is 18.2 Å². The monoisotopic (exact) mass is 530 g/mol. The minimum absolute atomic E-state index is 0.660. The van der Waals surface area contributed by atoms with Gasteiger partial charge in [-0.1, -0.05) is 75.7 Å². The van der Waals surface area contributed by atoms with Crippen molar-refractivity contribution in [1.82, 2.24) is 40.4 Å². The van der Waals surface area contributed by atoms with E-state index in [9.17, 15) is 0 Å². The van der Waals surface area contributed by atoms with Crippen LogP contribution in [0.25, 0.3) is 33.5 Å². The van der Waals surface area contributed by atoms with Crippen molar-refractivity contribution in [1.29, 1.82) is 0 Å². The Morgan fingerprint density at radius 1 is 0.838 bits per heavy atom. The number of aromatic amines is 1. The highest BCUT2D eigenvalue weighted by atomic mass is 32.2. The van der Waals surface area contributed by atoms with Gasteiger partial charge in [-0.05, 0) is 45.0 Å². The number of imidazole rings is 1. The molecule has 8 nitrogen and oxygen atoms in total. The van der Waals surface area contributed by atoms with E-state index in [0.29, 0.717) is 5.82 Å². The van der Waals surface area contributed by atoms with E-state index in [1.165, 1.54) is 5.56 Å². The van der Waals surface area contributed by atoms with Gasteiger partial charge >= 0.3 is 0 Å². The van der Waals surface area contributed by atoms with Crippen LogP contribution in [0.1, 0.15) is 45.0 Å². The minimum atomic E-state index is 0.660. The largest absolute Gasteiger partial charge is 0.321 e. The summed E-state index contributed by atoms with van der Waals surface area (Å²) in [7, 11) is 0. The van der Waals surface area contributed by atoms with Gasteiger partial charge in [0.25, 0.3) is 0 Å². The summed E-state index contributed by atoms with van der Waals surface area (Å²) < 4.78 is 2.36. The molecule has 0 fully saturated rings.